The molecule has 0 radical (unpaired) electrons. The van der Waals surface area contributed by atoms with Crippen molar-refractivity contribution in [2.24, 2.45) is 0 Å². The molecule has 0 fully saturated rings. The lowest BCUT2D eigenvalue weighted by atomic mass is 10.2. The molecule has 0 aliphatic heterocycles. The standard InChI is InChI=1S/C13H6BrClF2N2/c14-7-2-1-6(5-8(7)15)13-18-10-4-3-9(16)11(17)12(10)19-13/h1-5H,(H,18,19). The molecule has 3 rings (SSSR count). The summed E-state index contributed by atoms with van der Waals surface area (Å²) < 4.78 is 27.5. The van der Waals surface area contributed by atoms with Gasteiger partial charge in [-0.25, -0.2) is 13.8 Å². The van der Waals surface area contributed by atoms with Crippen LogP contribution in [0.3, 0.4) is 0 Å². The average Bonchev–Trinajstić information content (AvgIpc) is 2.82. The summed E-state index contributed by atoms with van der Waals surface area (Å²) in [6.45, 7) is 0. The first-order chi connectivity index (χ1) is 9.06. The molecule has 0 spiro atoms. The highest BCUT2D eigenvalue weighted by atomic mass is 79.9. The number of nitrogens with one attached hydrogen (secondary N) is 1. The van der Waals surface area contributed by atoms with Gasteiger partial charge in [-0.2, -0.15) is 0 Å². The fourth-order valence-corrected chi connectivity index (χ4v) is 2.22. The zero-order valence-electron chi connectivity index (χ0n) is 9.35. The number of hydrogen-bond acceptors (Lipinski definition) is 1. The Morgan fingerprint density at radius 1 is 1.16 bits per heavy atom. The molecule has 96 valence electrons. The van der Waals surface area contributed by atoms with Gasteiger partial charge in [-0.3, -0.25) is 0 Å². The molecule has 0 saturated heterocycles. The highest BCUT2D eigenvalue weighted by Gasteiger charge is 2.13. The number of aromatic nitrogens is 2. The Kier molecular flexibility index (Phi) is 3.03. The summed E-state index contributed by atoms with van der Waals surface area (Å²) in [6.07, 6.45) is 0. The molecule has 0 bridgehead atoms. The molecular weight excluding hydrogens is 338 g/mol. The Labute approximate surface area is 120 Å². The van der Waals surface area contributed by atoms with E-state index in [1.807, 2.05) is 0 Å². The topological polar surface area (TPSA) is 28.7 Å². The van der Waals surface area contributed by atoms with Crippen molar-refractivity contribution in [2.45, 2.75) is 0 Å². The zero-order chi connectivity index (χ0) is 13.6. The van der Waals surface area contributed by atoms with Gasteiger partial charge in [0.15, 0.2) is 11.6 Å². The molecule has 0 saturated carbocycles. The van der Waals surface area contributed by atoms with Crippen LogP contribution in [0, 0.1) is 11.6 Å². The van der Waals surface area contributed by atoms with Gasteiger partial charge in [0.2, 0.25) is 0 Å². The predicted molar refractivity (Wildman–Crippen MR) is 74.2 cm³/mol. The molecular formula is C13H6BrClF2N2. The van der Waals surface area contributed by atoms with E-state index in [1.165, 1.54) is 6.07 Å². The van der Waals surface area contributed by atoms with Gasteiger partial charge in [0.1, 0.15) is 11.3 Å². The van der Waals surface area contributed by atoms with Crippen LogP contribution in [0.4, 0.5) is 8.78 Å². The Bertz CT molecular complexity index is 786. The Hall–Kier alpha value is -1.46. The van der Waals surface area contributed by atoms with Crippen LogP contribution in [-0.2, 0) is 0 Å². The van der Waals surface area contributed by atoms with Crippen LogP contribution < -0.4 is 0 Å². The van der Waals surface area contributed by atoms with Crippen molar-refractivity contribution in [1.82, 2.24) is 9.97 Å². The number of nitrogens with zero attached hydrogens (tertiary/aromatic N) is 1. The van der Waals surface area contributed by atoms with Crippen LogP contribution in [0.15, 0.2) is 34.8 Å². The van der Waals surface area contributed by atoms with E-state index in [0.717, 1.165) is 10.5 Å². The van der Waals surface area contributed by atoms with E-state index in [-0.39, 0.29) is 5.52 Å². The normalized spacial score (nSPS) is 11.2. The van der Waals surface area contributed by atoms with E-state index in [0.29, 0.717) is 21.9 Å². The molecule has 0 atom stereocenters. The molecule has 2 nitrogen and oxygen atoms in total. The Balaban J connectivity index is 2.20. The molecule has 1 heterocycles. The summed E-state index contributed by atoms with van der Waals surface area (Å²) in [5.41, 5.74) is 1.12. The molecule has 1 N–H and O–H groups in total. The van der Waals surface area contributed by atoms with Gasteiger partial charge >= 0.3 is 0 Å². The second-order valence-corrected chi connectivity index (χ2v) is 5.23. The minimum absolute atomic E-state index is 0.0194. The Morgan fingerprint density at radius 2 is 1.95 bits per heavy atom. The van der Waals surface area contributed by atoms with E-state index < -0.39 is 11.6 Å². The first kappa shape index (κ1) is 12.6. The monoisotopic (exact) mass is 342 g/mol. The number of H-pyrrole nitrogens is 1. The van der Waals surface area contributed by atoms with E-state index in [1.54, 1.807) is 18.2 Å². The second-order valence-electron chi connectivity index (χ2n) is 3.97. The van der Waals surface area contributed by atoms with E-state index in [4.69, 9.17) is 11.6 Å². The molecule has 0 aliphatic carbocycles. The van der Waals surface area contributed by atoms with Gasteiger partial charge in [-0.1, -0.05) is 17.7 Å². The van der Waals surface area contributed by atoms with Crippen LogP contribution >= 0.6 is 27.5 Å². The first-order valence-electron chi connectivity index (χ1n) is 5.35. The Morgan fingerprint density at radius 3 is 2.68 bits per heavy atom. The second kappa shape index (κ2) is 4.58. The van der Waals surface area contributed by atoms with Crippen LogP contribution in [0.2, 0.25) is 5.02 Å². The van der Waals surface area contributed by atoms with Crippen LogP contribution in [0.1, 0.15) is 0 Å². The molecule has 0 aliphatic rings. The van der Waals surface area contributed by atoms with Gasteiger partial charge in [0.25, 0.3) is 0 Å². The summed E-state index contributed by atoms with van der Waals surface area (Å²) >= 11 is 9.28. The fraction of sp³-hybridized carbons (Fsp3) is 0. The largest absolute Gasteiger partial charge is 0.338 e. The van der Waals surface area contributed by atoms with Crippen molar-refractivity contribution < 1.29 is 8.78 Å². The van der Waals surface area contributed by atoms with Gasteiger partial charge in [0.05, 0.1) is 10.5 Å². The quantitative estimate of drug-likeness (QED) is 0.667. The van der Waals surface area contributed by atoms with Crippen molar-refractivity contribution in [3.05, 3.63) is 51.5 Å². The third kappa shape index (κ3) is 2.13. The predicted octanol–water partition coefficient (Wildman–Crippen LogP) is 4.92. The zero-order valence-corrected chi connectivity index (χ0v) is 11.7. The lowest BCUT2D eigenvalue weighted by molar-refractivity contribution is 0.515. The van der Waals surface area contributed by atoms with Gasteiger partial charge in [-0.15, -0.1) is 0 Å². The number of aromatic amines is 1. The fourth-order valence-electron chi connectivity index (χ4n) is 1.80. The molecule has 1 aromatic heterocycles. The van der Waals surface area contributed by atoms with Gasteiger partial charge in [0, 0.05) is 10.0 Å². The van der Waals surface area contributed by atoms with E-state index in [2.05, 4.69) is 25.9 Å². The van der Waals surface area contributed by atoms with Gasteiger partial charge < -0.3 is 4.98 Å². The lowest BCUT2D eigenvalue weighted by Crippen LogP contribution is -1.84. The van der Waals surface area contributed by atoms with Crippen molar-refractivity contribution in [1.29, 1.82) is 0 Å². The molecule has 0 unspecified atom stereocenters. The highest BCUT2D eigenvalue weighted by molar-refractivity contribution is 9.10. The number of rotatable bonds is 1. The molecule has 3 aromatic rings. The van der Waals surface area contributed by atoms with Crippen LogP contribution in [0.5, 0.6) is 0 Å². The van der Waals surface area contributed by atoms with Crippen molar-refractivity contribution in [2.75, 3.05) is 0 Å². The van der Waals surface area contributed by atoms with E-state index in [9.17, 15) is 8.78 Å². The third-order valence-electron chi connectivity index (χ3n) is 2.74. The average molecular weight is 344 g/mol. The van der Waals surface area contributed by atoms with Crippen molar-refractivity contribution >= 4 is 38.6 Å². The maximum atomic E-state index is 13.6. The summed E-state index contributed by atoms with van der Waals surface area (Å²) in [5, 5.41) is 0.518. The molecule has 0 amide bonds. The maximum Gasteiger partial charge on any atom is 0.186 e. The minimum atomic E-state index is -0.955. The number of benzene rings is 2. The first-order valence-corrected chi connectivity index (χ1v) is 6.52. The summed E-state index contributed by atoms with van der Waals surface area (Å²) in [6, 6.07) is 7.75. The highest BCUT2D eigenvalue weighted by Crippen LogP contribution is 2.29. The maximum absolute atomic E-state index is 13.6. The molecule has 2 aromatic carbocycles. The number of halogens is 4. The summed E-state index contributed by atoms with van der Waals surface area (Å²) in [7, 11) is 0. The molecule has 19 heavy (non-hydrogen) atoms. The van der Waals surface area contributed by atoms with Crippen LogP contribution in [0.25, 0.3) is 22.4 Å². The third-order valence-corrected chi connectivity index (χ3v) is 3.97. The van der Waals surface area contributed by atoms with E-state index >= 15 is 0 Å². The number of imidazole rings is 1. The molecule has 6 heteroatoms. The number of hydrogen-bond donors (Lipinski definition) is 1. The summed E-state index contributed by atoms with van der Waals surface area (Å²) in [5.74, 6) is -1.43. The van der Waals surface area contributed by atoms with Crippen molar-refractivity contribution in [3.63, 3.8) is 0 Å². The minimum Gasteiger partial charge on any atom is -0.338 e. The smallest absolute Gasteiger partial charge is 0.186 e. The lowest BCUT2D eigenvalue weighted by Gasteiger charge is -1.99. The van der Waals surface area contributed by atoms with Crippen molar-refractivity contribution in [3.8, 4) is 11.4 Å². The van der Waals surface area contributed by atoms with Gasteiger partial charge in [-0.05, 0) is 40.2 Å². The van der Waals surface area contributed by atoms with Crippen LogP contribution in [-0.4, -0.2) is 9.97 Å². The SMILES string of the molecule is Fc1ccc2[nH]c(-c3ccc(Br)c(Cl)c3)nc2c1F. The number of fused-ring (bicyclic) bond motifs is 1. The summed E-state index contributed by atoms with van der Waals surface area (Å²) in [4.78, 5) is 7.00.